The molecule has 1 aliphatic carbocycles. The van der Waals surface area contributed by atoms with Gasteiger partial charge in [0, 0.05) is 24.0 Å². The van der Waals surface area contributed by atoms with Crippen LogP contribution >= 0.6 is 0 Å². The maximum Gasteiger partial charge on any atom is 0.378 e. The molecule has 0 aliphatic heterocycles. The van der Waals surface area contributed by atoms with Gasteiger partial charge in [0.15, 0.2) is 5.78 Å². The van der Waals surface area contributed by atoms with E-state index >= 15 is 0 Å². The molecule has 1 aliphatic rings. The Morgan fingerprint density at radius 1 is 1.13 bits per heavy atom. The monoisotopic (exact) mass is 312 g/mol. The number of aliphatic hydroxyl groups excluding tert-OH is 1. The van der Waals surface area contributed by atoms with E-state index in [1.54, 1.807) is 12.1 Å². The lowest BCUT2D eigenvalue weighted by Crippen LogP contribution is -2.12. The number of hydrogen-bond donors (Lipinski definition) is 2. The summed E-state index contributed by atoms with van der Waals surface area (Å²) in [4.78, 5) is 24.0. The number of ketones is 1. The number of allylic oxidation sites excluding steroid dienone is 1. The minimum Gasteiger partial charge on any atom is -0.508 e. The summed E-state index contributed by atoms with van der Waals surface area (Å²) in [6.07, 6.45) is 1.88. The summed E-state index contributed by atoms with van der Waals surface area (Å²) in [5.74, 6) is -0.797. The minimum atomic E-state index is -0.843. The van der Waals surface area contributed by atoms with Crippen LogP contribution in [0.3, 0.4) is 0 Å². The first-order chi connectivity index (χ1) is 11.0. The molecule has 0 radical (unpaired) electrons. The van der Waals surface area contributed by atoms with Crippen LogP contribution in [0.2, 0.25) is 0 Å². The second-order valence-electron chi connectivity index (χ2n) is 5.68. The topological polar surface area (TPSA) is 87.7 Å². The zero-order valence-electron chi connectivity index (χ0n) is 12.6. The van der Waals surface area contributed by atoms with Crippen LogP contribution in [0.25, 0.3) is 5.76 Å². The molecular weight excluding hydrogens is 296 g/mol. The zero-order chi connectivity index (χ0) is 16.6. The lowest BCUT2D eigenvalue weighted by molar-refractivity contribution is 0.0994. The highest BCUT2D eigenvalue weighted by atomic mass is 16.4. The molecule has 0 unspecified atom stereocenters. The predicted molar refractivity (Wildman–Crippen MR) is 84.8 cm³/mol. The number of Topliss-reactive ketones (excluding diaryl/α,β-unsaturated/α-hetero) is 1. The fraction of sp³-hybridized carbons (Fsp3) is 0.222. The molecule has 1 aromatic heterocycles. The third-order valence-electron chi connectivity index (χ3n) is 4.01. The van der Waals surface area contributed by atoms with Gasteiger partial charge in [0.1, 0.15) is 11.5 Å². The number of rotatable bonds is 0. The van der Waals surface area contributed by atoms with Gasteiger partial charge in [-0.05, 0) is 18.1 Å². The molecule has 2 aromatic rings. The molecule has 23 heavy (non-hydrogen) atoms. The van der Waals surface area contributed by atoms with Gasteiger partial charge in [-0.3, -0.25) is 4.79 Å². The van der Waals surface area contributed by atoms with Crippen molar-refractivity contribution in [3.63, 3.8) is 0 Å². The molecule has 5 heteroatoms. The molecule has 118 valence electrons. The van der Waals surface area contributed by atoms with E-state index in [4.69, 9.17) is 4.42 Å². The Labute approximate surface area is 132 Å². The van der Waals surface area contributed by atoms with Crippen molar-refractivity contribution in [1.29, 1.82) is 0 Å². The van der Waals surface area contributed by atoms with Crippen LogP contribution in [0.4, 0.5) is 0 Å². The molecule has 1 heterocycles. The fourth-order valence-corrected chi connectivity index (χ4v) is 2.84. The van der Waals surface area contributed by atoms with E-state index in [9.17, 15) is 19.8 Å². The van der Waals surface area contributed by atoms with E-state index in [1.807, 2.05) is 19.1 Å². The van der Waals surface area contributed by atoms with E-state index in [1.165, 1.54) is 12.1 Å². The van der Waals surface area contributed by atoms with Gasteiger partial charge in [-0.2, -0.15) is 0 Å². The Hall–Kier alpha value is -2.82. The lowest BCUT2D eigenvalue weighted by atomic mass is 9.89. The molecule has 1 aromatic carbocycles. The summed E-state index contributed by atoms with van der Waals surface area (Å²) < 4.78 is 5.20. The van der Waals surface area contributed by atoms with Crippen LogP contribution in [-0.4, -0.2) is 16.0 Å². The molecule has 1 atom stereocenters. The Bertz CT molecular complexity index is 860. The average molecular weight is 312 g/mol. The van der Waals surface area contributed by atoms with E-state index in [0.29, 0.717) is 17.7 Å². The average Bonchev–Trinajstić information content (AvgIpc) is 2.54. The largest absolute Gasteiger partial charge is 0.508 e. The first-order valence-corrected chi connectivity index (χ1v) is 7.35. The van der Waals surface area contributed by atoms with Crippen molar-refractivity contribution in [1.82, 2.24) is 0 Å². The van der Waals surface area contributed by atoms with Crippen molar-refractivity contribution in [2.75, 3.05) is 0 Å². The van der Waals surface area contributed by atoms with Crippen molar-refractivity contribution < 1.29 is 19.4 Å². The van der Waals surface area contributed by atoms with Gasteiger partial charge in [-0.15, -0.1) is 0 Å². The van der Waals surface area contributed by atoms with E-state index in [0.717, 1.165) is 5.56 Å². The number of hydrogen-bond acceptors (Lipinski definition) is 5. The number of aromatic hydroxyl groups is 1. The zero-order valence-corrected chi connectivity index (χ0v) is 12.6. The number of carbonyl (C=O) groups excluding carboxylic acids is 1. The van der Waals surface area contributed by atoms with Crippen molar-refractivity contribution in [2.45, 2.75) is 25.7 Å². The Morgan fingerprint density at radius 3 is 2.65 bits per heavy atom. The summed E-state index contributed by atoms with van der Waals surface area (Å²) in [7, 11) is 0. The van der Waals surface area contributed by atoms with Gasteiger partial charge >= 0.3 is 5.63 Å². The SMILES string of the molecule is C[C@@H]1Cc2ccccc2C(=O)C/C=C(/O)c2cc(O)c(=O)oc21. The van der Waals surface area contributed by atoms with Crippen LogP contribution in [-0.2, 0) is 6.42 Å². The standard InChI is InChI=1S/C18H16O5/c1-10-8-11-4-2-3-5-12(11)14(19)6-7-15(20)13-9-16(21)18(22)23-17(10)13/h2-5,7,9-10,20-21H,6,8H2,1H3/b15-7+/t10-/m1/s1. The van der Waals surface area contributed by atoms with Gasteiger partial charge in [-0.1, -0.05) is 31.2 Å². The summed E-state index contributed by atoms with van der Waals surface area (Å²) >= 11 is 0. The van der Waals surface area contributed by atoms with Crippen molar-refractivity contribution >= 4 is 11.5 Å². The highest BCUT2D eigenvalue weighted by Crippen LogP contribution is 2.31. The smallest absolute Gasteiger partial charge is 0.378 e. The molecule has 5 nitrogen and oxygen atoms in total. The first-order valence-electron chi connectivity index (χ1n) is 7.35. The molecule has 0 saturated heterocycles. The van der Waals surface area contributed by atoms with E-state index < -0.39 is 11.4 Å². The summed E-state index contributed by atoms with van der Waals surface area (Å²) in [5, 5.41) is 19.8. The van der Waals surface area contributed by atoms with Crippen LogP contribution in [0.1, 0.15) is 46.5 Å². The van der Waals surface area contributed by atoms with Gasteiger partial charge < -0.3 is 14.6 Å². The number of aliphatic hydroxyl groups is 1. The summed E-state index contributed by atoms with van der Waals surface area (Å²) in [6, 6.07) is 8.45. The van der Waals surface area contributed by atoms with Crippen molar-refractivity contribution in [3.8, 4) is 5.75 Å². The van der Waals surface area contributed by atoms with Crippen molar-refractivity contribution in [2.24, 2.45) is 0 Å². The second-order valence-corrected chi connectivity index (χ2v) is 5.68. The molecule has 0 saturated carbocycles. The Kier molecular flexibility index (Phi) is 3.78. The highest BCUT2D eigenvalue weighted by molar-refractivity contribution is 5.99. The Balaban J connectivity index is 2.21. The van der Waals surface area contributed by atoms with E-state index in [2.05, 4.69) is 0 Å². The predicted octanol–water partition coefficient (Wildman–Crippen LogP) is 3.18. The van der Waals surface area contributed by atoms with Gasteiger partial charge in [0.2, 0.25) is 5.75 Å². The van der Waals surface area contributed by atoms with Crippen molar-refractivity contribution in [3.05, 3.63) is 69.3 Å². The molecule has 0 fully saturated rings. The summed E-state index contributed by atoms with van der Waals surface area (Å²) in [5.41, 5.74) is 0.862. The number of benzene rings is 1. The Morgan fingerprint density at radius 2 is 1.87 bits per heavy atom. The van der Waals surface area contributed by atoms with Gasteiger partial charge in [-0.25, -0.2) is 4.79 Å². The maximum atomic E-state index is 12.3. The van der Waals surface area contributed by atoms with Crippen LogP contribution < -0.4 is 5.63 Å². The molecule has 0 spiro atoms. The highest BCUT2D eigenvalue weighted by Gasteiger charge is 2.23. The van der Waals surface area contributed by atoms with Crippen LogP contribution in [0.15, 0.2) is 45.6 Å². The quantitative estimate of drug-likeness (QED) is 0.780. The normalized spacial score (nSPS) is 20.1. The van der Waals surface area contributed by atoms with Gasteiger partial charge in [0.25, 0.3) is 0 Å². The lowest BCUT2D eigenvalue weighted by Gasteiger charge is -2.18. The molecule has 2 N–H and O–H groups in total. The number of carbonyl (C=O) groups is 1. The first kappa shape index (κ1) is 15.1. The molecule has 0 amide bonds. The second kappa shape index (κ2) is 5.76. The molecule has 3 rings (SSSR count). The maximum absolute atomic E-state index is 12.3. The van der Waals surface area contributed by atoms with Gasteiger partial charge in [0.05, 0.1) is 5.56 Å². The third-order valence-corrected chi connectivity index (χ3v) is 4.01. The fourth-order valence-electron chi connectivity index (χ4n) is 2.84. The minimum absolute atomic E-state index is 0.0244. The third kappa shape index (κ3) is 2.77. The van der Waals surface area contributed by atoms with Crippen LogP contribution in [0, 0.1) is 0 Å². The number of fused-ring (bicyclic) bond motifs is 2. The molecule has 0 bridgehead atoms. The van der Waals surface area contributed by atoms with Crippen LogP contribution in [0.5, 0.6) is 5.75 Å². The molecular formula is C18H16O5. The summed E-state index contributed by atoms with van der Waals surface area (Å²) in [6.45, 7) is 1.84. The van der Waals surface area contributed by atoms with E-state index in [-0.39, 0.29) is 29.4 Å².